The van der Waals surface area contributed by atoms with E-state index in [2.05, 4.69) is 9.68 Å². The molecule has 37 heavy (non-hydrogen) atoms. The summed E-state index contributed by atoms with van der Waals surface area (Å²) in [6, 6.07) is 3.78. The first-order valence-electron chi connectivity index (χ1n) is 11.2. The largest absolute Gasteiger partial charge is 0.469 e. The third-order valence-corrected chi connectivity index (χ3v) is 6.44. The number of nitrogens with zero attached hydrogens (tertiary/aromatic N) is 3. The molecule has 2 amide bonds. The predicted molar refractivity (Wildman–Crippen MR) is 122 cm³/mol. The maximum absolute atomic E-state index is 15.0. The number of benzene rings is 1. The number of ether oxygens (including phenoxy) is 1. The van der Waals surface area contributed by atoms with Crippen molar-refractivity contribution in [3.8, 4) is 0 Å². The van der Waals surface area contributed by atoms with Crippen LogP contribution in [0.25, 0.3) is 5.57 Å². The van der Waals surface area contributed by atoms with E-state index in [9.17, 15) is 19.3 Å². The van der Waals surface area contributed by atoms with Gasteiger partial charge in [-0.1, -0.05) is 11.2 Å². The van der Waals surface area contributed by atoms with Crippen LogP contribution in [0.15, 0.2) is 35.1 Å². The summed E-state index contributed by atoms with van der Waals surface area (Å²) >= 11 is 0. The summed E-state index contributed by atoms with van der Waals surface area (Å²) in [5, 5.41) is 13.6. The van der Waals surface area contributed by atoms with E-state index in [1.54, 1.807) is 6.07 Å². The van der Waals surface area contributed by atoms with Gasteiger partial charge in [-0.15, -0.1) is 0 Å². The number of cyclic esters (lactones) is 1. The minimum atomic E-state index is -4.86. The number of amides is 2. The lowest BCUT2D eigenvalue weighted by Gasteiger charge is -2.28. The Hall–Kier alpha value is -3.16. The van der Waals surface area contributed by atoms with E-state index in [4.69, 9.17) is 19.0 Å². The van der Waals surface area contributed by atoms with E-state index in [-0.39, 0.29) is 37.3 Å². The van der Waals surface area contributed by atoms with Crippen molar-refractivity contribution in [3.05, 3.63) is 53.4 Å². The fourth-order valence-electron chi connectivity index (χ4n) is 4.13. The molecule has 1 aromatic heterocycles. The zero-order valence-corrected chi connectivity index (χ0v) is 20.2. The van der Waals surface area contributed by atoms with Crippen molar-refractivity contribution >= 4 is 31.1 Å². The second kappa shape index (κ2) is 11.1. The molecule has 2 aliphatic heterocycles. The summed E-state index contributed by atoms with van der Waals surface area (Å²) in [6.07, 6.45) is 0.859. The number of aliphatic hydroxyl groups excluding tert-OH is 1. The van der Waals surface area contributed by atoms with Crippen molar-refractivity contribution in [2.75, 3.05) is 31.1 Å². The van der Waals surface area contributed by atoms with Crippen LogP contribution in [-0.4, -0.2) is 75.4 Å². The van der Waals surface area contributed by atoms with Crippen molar-refractivity contribution in [2.45, 2.75) is 31.5 Å². The van der Waals surface area contributed by atoms with Gasteiger partial charge in [0.25, 0.3) is 5.91 Å². The van der Waals surface area contributed by atoms with E-state index < -0.39 is 50.3 Å². The van der Waals surface area contributed by atoms with Gasteiger partial charge in [0.2, 0.25) is 0 Å². The molecule has 1 aromatic carbocycles. The predicted octanol–water partition coefficient (Wildman–Crippen LogP) is 2.00. The highest BCUT2D eigenvalue weighted by Gasteiger charge is 2.34. The Balaban J connectivity index is 1.39. The summed E-state index contributed by atoms with van der Waals surface area (Å²) in [5.74, 6) is -2.63. The molecule has 12 nitrogen and oxygen atoms in total. The van der Waals surface area contributed by atoms with Gasteiger partial charge in [-0.25, -0.2) is 18.1 Å². The molecule has 0 unspecified atom stereocenters. The highest BCUT2D eigenvalue weighted by molar-refractivity contribution is 7.46. The topological polar surface area (TPSA) is 163 Å². The van der Waals surface area contributed by atoms with Crippen molar-refractivity contribution in [1.82, 2.24) is 10.1 Å². The first kappa shape index (κ1) is 26.9. The Bertz CT molecular complexity index is 1210. The van der Waals surface area contributed by atoms with Crippen LogP contribution in [0.1, 0.15) is 24.1 Å². The molecule has 3 heterocycles. The average Bonchev–Trinajstić information content (AvgIpc) is 3.49. The molecule has 2 atom stereocenters. The first-order chi connectivity index (χ1) is 17.5. The molecule has 3 N–H and O–H groups in total. The number of carbonyl (C=O) groups excluding carboxylic acids is 2. The summed E-state index contributed by atoms with van der Waals surface area (Å²) < 4.78 is 55.0. The van der Waals surface area contributed by atoms with Crippen molar-refractivity contribution < 1.29 is 51.6 Å². The number of aryl methyl sites for hydroxylation is 1. The van der Waals surface area contributed by atoms with Crippen LogP contribution in [0, 0.1) is 11.6 Å². The smallest absolute Gasteiger partial charge is 0.444 e. The van der Waals surface area contributed by atoms with Crippen LogP contribution in [0.4, 0.5) is 19.3 Å². The van der Waals surface area contributed by atoms with Gasteiger partial charge in [0.05, 0.1) is 24.5 Å². The van der Waals surface area contributed by atoms with Crippen LogP contribution in [0.5, 0.6) is 0 Å². The van der Waals surface area contributed by atoms with Crippen molar-refractivity contribution in [1.29, 1.82) is 0 Å². The summed E-state index contributed by atoms with van der Waals surface area (Å²) in [6.45, 7) is -0.874. The highest BCUT2D eigenvalue weighted by atomic mass is 31.2. The van der Waals surface area contributed by atoms with Crippen LogP contribution >= 0.6 is 7.82 Å². The molecule has 0 radical (unpaired) electrons. The molecule has 0 spiro atoms. The molecule has 200 valence electrons. The van der Waals surface area contributed by atoms with Crippen LogP contribution in [0.3, 0.4) is 0 Å². The van der Waals surface area contributed by atoms with E-state index in [0.29, 0.717) is 24.1 Å². The SMILES string of the molecule is O=C([C@@H](O)COP(=O)(O)O)N1CC=C(c2c(F)cc(N3C[C@H](CCc4ccon4)OC3=O)cc2F)CC1. The number of aromatic nitrogens is 1. The number of phosphoric acid groups is 1. The monoisotopic (exact) mass is 543 g/mol. The maximum Gasteiger partial charge on any atom is 0.469 e. The average molecular weight is 543 g/mol. The Morgan fingerprint density at radius 1 is 1.30 bits per heavy atom. The molecule has 2 aliphatic rings. The molecule has 0 aliphatic carbocycles. The number of rotatable bonds is 9. The van der Waals surface area contributed by atoms with Gasteiger partial charge in [-0.05, 0) is 37.0 Å². The van der Waals surface area contributed by atoms with Crippen LogP contribution in [0.2, 0.25) is 0 Å². The van der Waals surface area contributed by atoms with E-state index in [1.165, 1.54) is 17.2 Å². The lowest BCUT2D eigenvalue weighted by Crippen LogP contribution is -2.43. The molecule has 2 aromatic rings. The van der Waals surface area contributed by atoms with E-state index in [1.807, 2.05) is 0 Å². The van der Waals surface area contributed by atoms with Gasteiger partial charge in [-0.3, -0.25) is 14.2 Å². The van der Waals surface area contributed by atoms with E-state index >= 15 is 8.78 Å². The molecule has 1 saturated heterocycles. The number of anilines is 1. The van der Waals surface area contributed by atoms with Gasteiger partial charge in [0.15, 0.2) is 6.10 Å². The quantitative estimate of drug-likeness (QED) is 0.399. The normalized spacial score (nSPS) is 19.1. The summed E-state index contributed by atoms with van der Waals surface area (Å²) in [4.78, 5) is 44.3. The minimum Gasteiger partial charge on any atom is -0.444 e. The molecule has 0 saturated carbocycles. The first-order valence-corrected chi connectivity index (χ1v) is 12.8. The molecule has 15 heteroatoms. The lowest BCUT2D eigenvalue weighted by molar-refractivity contribution is -0.141. The van der Waals surface area contributed by atoms with Crippen LogP contribution < -0.4 is 4.90 Å². The zero-order valence-electron chi connectivity index (χ0n) is 19.3. The molecular weight excluding hydrogens is 519 g/mol. The number of hydrogen-bond donors (Lipinski definition) is 3. The Labute approximate surface area is 209 Å². The second-order valence-electron chi connectivity index (χ2n) is 8.50. The zero-order chi connectivity index (χ0) is 26.7. The fourth-order valence-corrected chi connectivity index (χ4v) is 4.46. The number of carbonyl (C=O) groups is 2. The third-order valence-electron chi connectivity index (χ3n) is 5.95. The second-order valence-corrected chi connectivity index (χ2v) is 9.74. The molecule has 4 rings (SSSR count). The van der Waals surface area contributed by atoms with Gasteiger partial charge >= 0.3 is 13.9 Å². The Morgan fingerprint density at radius 2 is 2.03 bits per heavy atom. The lowest BCUT2D eigenvalue weighted by atomic mass is 9.97. The number of phosphoric ester groups is 1. The molecule has 0 bridgehead atoms. The minimum absolute atomic E-state index is 0.00389. The van der Waals surface area contributed by atoms with Gasteiger partial charge in [-0.2, -0.15) is 0 Å². The number of aliphatic hydroxyl groups is 1. The fraction of sp³-hybridized carbons (Fsp3) is 0.409. The van der Waals surface area contributed by atoms with Crippen molar-refractivity contribution in [2.24, 2.45) is 0 Å². The van der Waals surface area contributed by atoms with Crippen molar-refractivity contribution in [3.63, 3.8) is 0 Å². The standard InChI is InChI=1S/C22H24F2N3O9P/c23-17-9-15(27-11-16(36-22(27)30)2-1-14-5-8-34-25-14)10-18(24)20(17)13-3-6-26(7-4-13)21(29)19(28)12-35-37(31,32)33/h3,5,8-10,16,19,28H,1-2,4,6-7,11-12H2,(H2,31,32,33)/t16-,19-/m0/s1. The molecule has 1 fully saturated rings. The molecular formula is C22H24F2N3O9P. The third kappa shape index (κ3) is 6.59. The van der Waals surface area contributed by atoms with E-state index in [0.717, 1.165) is 17.0 Å². The van der Waals surface area contributed by atoms with Gasteiger partial charge in [0.1, 0.15) is 24.0 Å². The summed E-state index contributed by atoms with van der Waals surface area (Å²) in [7, 11) is -4.86. The maximum atomic E-state index is 15.0. The van der Waals surface area contributed by atoms with Crippen LogP contribution in [-0.2, 0) is 25.0 Å². The Kier molecular flexibility index (Phi) is 8.05. The highest BCUT2D eigenvalue weighted by Crippen LogP contribution is 2.36. The number of halogens is 2. The Morgan fingerprint density at radius 3 is 2.62 bits per heavy atom. The number of hydrogen-bond acceptors (Lipinski definition) is 8. The van der Waals surface area contributed by atoms with Gasteiger partial charge in [0, 0.05) is 24.7 Å². The summed E-state index contributed by atoms with van der Waals surface area (Å²) in [5.41, 5.74) is 0.701. The van der Waals surface area contributed by atoms with Gasteiger partial charge < -0.3 is 29.1 Å².